The minimum absolute atomic E-state index is 0.0933. The van der Waals surface area contributed by atoms with Crippen LogP contribution in [0.5, 0.6) is 0 Å². The first-order chi connectivity index (χ1) is 10.0. The van der Waals surface area contributed by atoms with E-state index in [1.165, 1.54) is 23.9 Å². The summed E-state index contributed by atoms with van der Waals surface area (Å²) in [6.45, 7) is 1.88. The highest BCUT2D eigenvalue weighted by atomic mass is 32.2. The highest BCUT2D eigenvalue weighted by Crippen LogP contribution is 2.28. The van der Waals surface area contributed by atoms with Crippen LogP contribution >= 0.6 is 11.8 Å². The van der Waals surface area contributed by atoms with Gasteiger partial charge in [-0.05, 0) is 25.1 Å². The van der Waals surface area contributed by atoms with Crippen LogP contribution in [0.3, 0.4) is 0 Å². The highest BCUT2D eigenvalue weighted by Gasteiger charge is 2.21. The van der Waals surface area contributed by atoms with E-state index in [1.807, 2.05) is 18.5 Å². The van der Waals surface area contributed by atoms with Crippen molar-refractivity contribution in [2.75, 3.05) is 5.75 Å². The minimum Gasteiger partial charge on any atom is -0.309 e. The summed E-state index contributed by atoms with van der Waals surface area (Å²) in [5, 5.41) is 8.83. The van der Waals surface area contributed by atoms with Crippen molar-refractivity contribution in [1.29, 1.82) is 0 Å². The molecular formula is C14H13FN4OS. The summed E-state index contributed by atoms with van der Waals surface area (Å²) in [4.78, 5) is 16.5. The van der Waals surface area contributed by atoms with E-state index >= 15 is 0 Å². The lowest BCUT2D eigenvalue weighted by atomic mass is 10.0. The Balaban J connectivity index is 1.79. The third-order valence-electron chi connectivity index (χ3n) is 3.32. The molecule has 7 heteroatoms. The summed E-state index contributed by atoms with van der Waals surface area (Å²) >= 11 is 1.49. The fraction of sp³-hybridized carbons (Fsp3) is 0.286. The van der Waals surface area contributed by atoms with Crippen LogP contribution in [0, 0.1) is 12.7 Å². The van der Waals surface area contributed by atoms with Crippen LogP contribution in [-0.2, 0) is 7.05 Å². The van der Waals surface area contributed by atoms with Gasteiger partial charge in [-0.3, -0.25) is 9.79 Å². The average molecular weight is 304 g/mol. The molecule has 3 rings (SSSR count). The molecule has 0 unspecified atom stereocenters. The average Bonchev–Trinajstić information content (AvgIpc) is 2.77. The molecule has 0 saturated carbocycles. The van der Waals surface area contributed by atoms with Gasteiger partial charge in [0.1, 0.15) is 11.6 Å². The number of thioether (sulfide) groups is 1. The fourth-order valence-electron chi connectivity index (χ4n) is 2.06. The number of hydrogen-bond acceptors (Lipinski definition) is 5. The van der Waals surface area contributed by atoms with Crippen LogP contribution in [0.15, 0.2) is 28.3 Å². The van der Waals surface area contributed by atoms with Crippen molar-refractivity contribution in [3.05, 3.63) is 35.4 Å². The topological polar surface area (TPSA) is 60.1 Å². The molecule has 0 amide bonds. The number of halogens is 1. The van der Waals surface area contributed by atoms with Gasteiger partial charge in [0.2, 0.25) is 0 Å². The van der Waals surface area contributed by atoms with Gasteiger partial charge >= 0.3 is 0 Å². The summed E-state index contributed by atoms with van der Waals surface area (Å²) in [5.41, 5.74) is 1.67. The lowest BCUT2D eigenvalue weighted by Gasteiger charge is -2.14. The van der Waals surface area contributed by atoms with Crippen LogP contribution in [0.2, 0.25) is 0 Å². The van der Waals surface area contributed by atoms with E-state index in [9.17, 15) is 9.18 Å². The number of nitrogens with zero attached hydrogens (tertiary/aromatic N) is 4. The summed E-state index contributed by atoms with van der Waals surface area (Å²) < 4.78 is 15.0. The first-order valence-corrected chi connectivity index (χ1v) is 7.41. The summed E-state index contributed by atoms with van der Waals surface area (Å²) in [5.74, 6) is 0.892. The van der Waals surface area contributed by atoms with E-state index in [4.69, 9.17) is 0 Å². The Hall–Kier alpha value is -2.02. The molecule has 108 valence electrons. The number of carbonyl (C=O) groups excluding carboxylic acids is 1. The number of benzene rings is 1. The Morgan fingerprint density at radius 1 is 1.38 bits per heavy atom. The summed E-state index contributed by atoms with van der Waals surface area (Å²) in [7, 11) is 1.89. The van der Waals surface area contributed by atoms with Crippen molar-refractivity contribution in [2.45, 2.75) is 18.5 Å². The molecule has 0 spiro atoms. The second-order valence-corrected chi connectivity index (χ2v) is 5.76. The number of ketones is 1. The number of carbonyl (C=O) groups is 1. The Bertz CT molecular complexity index is 753. The molecule has 21 heavy (non-hydrogen) atoms. The van der Waals surface area contributed by atoms with E-state index in [2.05, 4.69) is 15.2 Å². The van der Waals surface area contributed by atoms with Crippen molar-refractivity contribution in [2.24, 2.45) is 12.0 Å². The number of fused-ring (bicyclic) bond motifs is 1. The minimum atomic E-state index is -0.412. The van der Waals surface area contributed by atoms with Crippen LogP contribution < -0.4 is 0 Å². The SMILES string of the molecule is Cc1nnc(SCC2=Nc3ccc(F)cc3C(=O)C2)n1C. The molecule has 0 fully saturated rings. The zero-order chi connectivity index (χ0) is 15.0. The van der Waals surface area contributed by atoms with E-state index < -0.39 is 5.82 Å². The van der Waals surface area contributed by atoms with Gasteiger partial charge in [0.15, 0.2) is 10.9 Å². The zero-order valence-electron chi connectivity index (χ0n) is 11.6. The number of hydrogen-bond donors (Lipinski definition) is 0. The van der Waals surface area contributed by atoms with Crippen molar-refractivity contribution >= 4 is 28.9 Å². The number of aryl methyl sites for hydroxylation is 1. The normalized spacial score (nSPS) is 14.0. The number of rotatable bonds is 3. The maximum Gasteiger partial charge on any atom is 0.191 e. The van der Waals surface area contributed by atoms with Crippen molar-refractivity contribution in [3.8, 4) is 0 Å². The van der Waals surface area contributed by atoms with Gasteiger partial charge in [-0.1, -0.05) is 11.8 Å². The van der Waals surface area contributed by atoms with Crippen molar-refractivity contribution < 1.29 is 9.18 Å². The summed E-state index contributed by atoms with van der Waals surface area (Å²) in [6, 6.07) is 4.10. The first-order valence-electron chi connectivity index (χ1n) is 6.42. The number of aliphatic imine (C=N–C) groups is 1. The third kappa shape index (κ3) is 2.73. The van der Waals surface area contributed by atoms with E-state index in [-0.39, 0.29) is 12.2 Å². The molecule has 2 heterocycles. The molecule has 0 radical (unpaired) electrons. The second kappa shape index (κ2) is 5.40. The third-order valence-corrected chi connectivity index (χ3v) is 4.41. The van der Waals surface area contributed by atoms with Gasteiger partial charge in [-0.25, -0.2) is 4.39 Å². The van der Waals surface area contributed by atoms with Gasteiger partial charge in [0.05, 0.1) is 12.1 Å². The maximum absolute atomic E-state index is 13.2. The van der Waals surface area contributed by atoms with Crippen molar-refractivity contribution in [3.63, 3.8) is 0 Å². The second-order valence-electron chi connectivity index (χ2n) is 4.82. The molecule has 0 N–H and O–H groups in total. The van der Waals surface area contributed by atoms with Crippen LogP contribution in [0.25, 0.3) is 0 Å². The number of Topliss-reactive ketones (excluding diaryl/α,β-unsaturated/α-hetero) is 1. The molecule has 1 aliphatic heterocycles. The molecule has 1 aliphatic rings. The van der Waals surface area contributed by atoms with E-state index in [1.54, 1.807) is 6.07 Å². The Morgan fingerprint density at radius 2 is 2.19 bits per heavy atom. The predicted molar refractivity (Wildman–Crippen MR) is 78.9 cm³/mol. The Morgan fingerprint density at radius 3 is 2.90 bits per heavy atom. The first kappa shape index (κ1) is 13.9. The fourth-order valence-corrected chi connectivity index (χ4v) is 2.95. The molecule has 0 saturated heterocycles. The molecule has 0 bridgehead atoms. The Kier molecular flexibility index (Phi) is 3.59. The van der Waals surface area contributed by atoms with Crippen molar-refractivity contribution in [1.82, 2.24) is 14.8 Å². The quantitative estimate of drug-likeness (QED) is 0.818. The molecule has 1 aromatic carbocycles. The van der Waals surface area contributed by atoms with E-state index in [0.29, 0.717) is 17.0 Å². The number of aromatic nitrogens is 3. The van der Waals surface area contributed by atoms with Gasteiger partial charge < -0.3 is 4.57 Å². The van der Waals surface area contributed by atoms with Crippen LogP contribution in [0.4, 0.5) is 10.1 Å². The van der Waals surface area contributed by atoms with Gasteiger partial charge in [0, 0.05) is 24.1 Å². The predicted octanol–water partition coefficient (Wildman–Crippen LogP) is 2.71. The maximum atomic E-state index is 13.2. The smallest absolute Gasteiger partial charge is 0.191 e. The largest absolute Gasteiger partial charge is 0.309 e. The molecule has 2 aromatic rings. The molecular weight excluding hydrogens is 291 g/mol. The van der Waals surface area contributed by atoms with E-state index in [0.717, 1.165) is 16.7 Å². The standard InChI is InChI=1S/C14H13FN4OS/c1-8-17-18-14(19(8)2)21-7-10-6-13(20)11-5-9(15)3-4-12(11)16-10/h3-5H,6-7H2,1-2H3. The van der Waals surface area contributed by atoms with Crippen LogP contribution in [0.1, 0.15) is 22.6 Å². The zero-order valence-corrected chi connectivity index (χ0v) is 12.4. The lowest BCUT2D eigenvalue weighted by Crippen LogP contribution is -2.15. The molecule has 1 aromatic heterocycles. The molecule has 0 atom stereocenters. The van der Waals surface area contributed by atoms with Gasteiger partial charge in [-0.15, -0.1) is 10.2 Å². The Labute approximate surface area is 125 Å². The monoisotopic (exact) mass is 304 g/mol. The lowest BCUT2D eigenvalue weighted by molar-refractivity contribution is 0.0999. The van der Waals surface area contributed by atoms with Crippen LogP contribution in [-0.4, -0.2) is 32.0 Å². The molecule has 5 nitrogen and oxygen atoms in total. The highest BCUT2D eigenvalue weighted by molar-refractivity contribution is 7.99. The van der Waals surface area contributed by atoms with Gasteiger partial charge in [0.25, 0.3) is 0 Å². The molecule has 0 aliphatic carbocycles. The summed E-state index contributed by atoms with van der Waals surface area (Å²) in [6.07, 6.45) is 0.223. The van der Waals surface area contributed by atoms with Gasteiger partial charge in [-0.2, -0.15) is 0 Å².